The smallest absolute Gasteiger partial charge is 0.472 e. The molecule has 57 heavy (non-hydrogen) atoms. The Morgan fingerprint density at radius 1 is 1.00 bits per heavy atom. The number of nitrogens with zero attached hydrogens (tertiary/aromatic N) is 5. The standard InChI is InChI=1S/C40H61N6O10P/c1-4-5-6-7-8-9-10-11-12-13-14-15-16-17-18-19-22-52-26-30(54-29-23-33(51-3)31(24-41)43-25-29)27-53-57(49,50)56-36-35-40(36,48)38(47)39(2,55-35)34-21-20-32-37(42)44-28-45-46(32)34/h20-21,23,25,28,30,35-36,38,47-48H,4-19,22,26-27H2,1-3H3,(H,49,50)(H2,42,44,45)/t30-,35-,36?,38+,39+,40+/m1/s1. The van der Waals surface area contributed by atoms with Crippen LogP contribution < -0.4 is 15.2 Å². The van der Waals surface area contributed by atoms with Crippen molar-refractivity contribution in [2.45, 2.75) is 152 Å². The molecule has 16 nitrogen and oxygen atoms in total. The predicted octanol–water partition coefficient (Wildman–Crippen LogP) is 6.53. The molecule has 0 aromatic carbocycles. The fourth-order valence-electron chi connectivity index (χ4n) is 7.59. The lowest BCUT2D eigenvalue weighted by molar-refractivity contribution is -0.126. The van der Waals surface area contributed by atoms with Crippen LogP contribution in [-0.2, 0) is 28.7 Å². The zero-order valence-electron chi connectivity index (χ0n) is 33.6. The van der Waals surface area contributed by atoms with Crippen LogP contribution in [0.4, 0.5) is 5.82 Å². The third-order valence-corrected chi connectivity index (χ3v) is 11.9. The van der Waals surface area contributed by atoms with E-state index in [0.29, 0.717) is 17.8 Å². The summed E-state index contributed by atoms with van der Waals surface area (Å²) in [4.78, 5) is 18.7. The fraction of sp³-hybridized carbons (Fsp3) is 0.700. The number of unbranched alkanes of at least 4 members (excludes halogenated alkanes) is 15. The van der Waals surface area contributed by atoms with Gasteiger partial charge >= 0.3 is 7.82 Å². The minimum absolute atomic E-state index is 0.0105. The number of pyridine rings is 1. The first kappa shape index (κ1) is 44.7. The molecule has 2 unspecified atom stereocenters. The van der Waals surface area contributed by atoms with Crippen LogP contribution in [-0.4, -0.2) is 91.6 Å². The number of nitriles is 1. The van der Waals surface area contributed by atoms with Crippen LogP contribution in [0.1, 0.15) is 128 Å². The van der Waals surface area contributed by atoms with Gasteiger partial charge in [-0.15, -0.1) is 0 Å². The van der Waals surface area contributed by atoms with E-state index >= 15 is 0 Å². The SMILES string of the molecule is CCCCCCCCCCCCCCCCCCOC[C@H](COP(=O)(O)OC1[C@H]2O[C@@](C)(c3ccc4c(N)ncnn34)[C@H](O)[C@@]12O)Oc1cnc(C#N)c(OC)c1. The van der Waals surface area contributed by atoms with Crippen molar-refractivity contribution in [2.75, 3.05) is 32.7 Å². The van der Waals surface area contributed by atoms with Crippen LogP contribution in [0.5, 0.6) is 11.5 Å². The van der Waals surface area contributed by atoms with Crippen molar-refractivity contribution in [3.63, 3.8) is 0 Å². The van der Waals surface area contributed by atoms with E-state index in [2.05, 4.69) is 22.0 Å². The first-order valence-corrected chi connectivity index (χ1v) is 22.0. The molecule has 4 heterocycles. The Labute approximate surface area is 335 Å². The molecule has 7 atom stereocenters. The Morgan fingerprint density at radius 3 is 2.21 bits per heavy atom. The number of aliphatic hydroxyl groups excluding tert-OH is 1. The summed E-state index contributed by atoms with van der Waals surface area (Å²) in [5.74, 6) is 0.646. The molecule has 1 aliphatic carbocycles. The van der Waals surface area contributed by atoms with Crippen LogP contribution in [0.15, 0.2) is 30.7 Å². The molecule has 0 spiro atoms. The van der Waals surface area contributed by atoms with Gasteiger partial charge in [0.25, 0.3) is 0 Å². The van der Waals surface area contributed by atoms with Gasteiger partial charge in [0.1, 0.15) is 53.7 Å². The number of methoxy groups -OCH3 is 1. The number of nitrogens with two attached hydrogens (primary N) is 1. The summed E-state index contributed by atoms with van der Waals surface area (Å²) in [7, 11) is -3.43. The summed E-state index contributed by atoms with van der Waals surface area (Å²) < 4.78 is 48.5. The van der Waals surface area contributed by atoms with Gasteiger partial charge in [-0.25, -0.2) is 19.0 Å². The average Bonchev–Trinajstić information content (AvgIpc) is 3.44. The highest BCUT2D eigenvalue weighted by Gasteiger charge is 2.82. The number of fused-ring (bicyclic) bond motifs is 2. The summed E-state index contributed by atoms with van der Waals surface area (Å²) >= 11 is 0. The number of aliphatic hydroxyl groups is 2. The third-order valence-electron chi connectivity index (χ3n) is 11.0. The Morgan fingerprint density at radius 2 is 1.63 bits per heavy atom. The number of phosphoric acid groups is 1. The zero-order chi connectivity index (χ0) is 40.9. The van der Waals surface area contributed by atoms with E-state index in [1.807, 2.05) is 6.07 Å². The summed E-state index contributed by atoms with van der Waals surface area (Å²) in [5.41, 5.74) is 3.45. The van der Waals surface area contributed by atoms with Gasteiger partial charge < -0.3 is 39.8 Å². The van der Waals surface area contributed by atoms with E-state index in [1.54, 1.807) is 19.1 Å². The molecule has 1 aliphatic heterocycles. The van der Waals surface area contributed by atoms with Gasteiger partial charge in [0.15, 0.2) is 22.9 Å². The fourth-order valence-corrected chi connectivity index (χ4v) is 8.58. The second-order valence-corrected chi connectivity index (χ2v) is 16.7. The number of ether oxygens (including phenoxy) is 4. The number of aromatic nitrogens is 4. The van der Waals surface area contributed by atoms with Crippen molar-refractivity contribution in [2.24, 2.45) is 0 Å². The Balaban J connectivity index is 1.04. The number of nitrogen functional groups attached to an aromatic ring is 1. The maximum absolute atomic E-state index is 13.2. The van der Waals surface area contributed by atoms with Crippen LogP contribution in [0, 0.1) is 11.3 Å². The van der Waals surface area contributed by atoms with E-state index in [0.717, 1.165) is 19.3 Å². The Kier molecular flexibility index (Phi) is 16.5. The van der Waals surface area contributed by atoms with Gasteiger partial charge in [0, 0.05) is 12.7 Å². The molecule has 1 saturated heterocycles. The summed E-state index contributed by atoms with van der Waals surface area (Å²) in [6, 6.07) is 6.73. The molecule has 0 radical (unpaired) electrons. The Hall–Kier alpha value is -3.39. The molecule has 3 aromatic heterocycles. The number of rotatable bonds is 28. The van der Waals surface area contributed by atoms with E-state index in [-0.39, 0.29) is 29.6 Å². The highest BCUT2D eigenvalue weighted by atomic mass is 31.2. The maximum atomic E-state index is 13.2. The lowest BCUT2D eigenvalue weighted by atomic mass is 9.91. The number of phosphoric ester groups is 1. The minimum Gasteiger partial charge on any atom is -0.494 e. The molecule has 0 bridgehead atoms. The quantitative estimate of drug-likeness (QED) is 0.0451. The monoisotopic (exact) mass is 816 g/mol. The van der Waals surface area contributed by atoms with E-state index < -0.39 is 50.0 Å². The molecular formula is C40H61N6O10P. The van der Waals surface area contributed by atoms with Crippen molar-refractivity contribution < 1.29 is 47.7 Å². The normalized spacial score (nSPS) is 24.2. The summed E-state index contributed by atoms with van der Waals surface area (Å²) in [6.45, 7) is 3.86. The molecule has 5 rings (SSSR count). The van der Waals surface area contributed by atoms with E-state index in [4.69, 9.17) is 33.7 Å². The molecular weight excluding hydrogens is 755 g/mol. The number of hydrogen-bond acceptors (Lipinski definition) is 14. The predicted molar refractivity (Wildman–Crippen MR) is 212 cm³/mol. The lowest BCUT2D eigenvalue weighted by Gasteiger charge is -2.32. The van der Waals surface area contributed by atoms with Gasteiger partial charge in [-0.1, -0.05) is 103 Å². The largest absolute Gasteiger partial charge is 0.494 e. The second-order valence-electron chi connectivity index (χ2n) is 15.3. The van der Waals surface area contributed by atoms with Gasteiger partial charge in [-0.05, 0) is 25.5 Å². The third kappa shape index (κ3) is 11.4. The molecule has 2 fully saturated rings. The highest BCUT2D eigenvalue weighted by Crippen LogP contribution is 2.63. The Bertz CT molecular complexity index is 1810. The average molecular weight is 817 g/mol. The topological polar surface area (TPSA) is 226 Å². The highest BCUT2D eigenvalue weighted by molar-refractivity contribution is 7.47. The van der Waals surface area contributed by atoms with Crippen molar-refractivity contribution in [3.05, 3.63) is 42.1 Å². The van der Waals surface area contributed by atoms with E-state index in [9.17, 15) is 24.9 Å². The van der Waals surface area contributed by atoms with Gasteiger partial charge in [-0.2, -0.15) is 10.4 Å². The molecule has 0 amide bonds. The minimum atomic E-state index is -4.83. The van der Waals surface area contributed by atoms with E-state index in [1.165, 1.54) is 114 Å². The van der Waals surface area contributed by atoms with Gasteiger partial charge in [0.05, 0.1) is 32.2 Å². The molecule has 2 aliphatic rings. The molecule has 3 aromatic rings. The van der Waals surface area contributed by atoms with Gasteiger partial charge in [-0.3, -0.25) is 9.05 Å². The van der Waals surface area contributed by atoms with Crippen molar-refractivity contribution in [3.8, 4) is 17.6 Å². The summed E-state index contributed by atoms with van der Waals surface area (Å²) in [6.07, 6.45) is 17.9. The number of hydrogen-bond donors (Lipinski definition) is 4. The van der Waals surface area contributed by atoms with Crippen molar-refractivity contribution in [1.29, 1.82) is 5.26 Å². The maximum Gasteiger partial charge on any atom is 0.472 e. The van der Waals surface area contributed by atoms with Gasteiger partial charge in [0.2, 0.25) is 0 Å². The van der Waals surface area contributed by atoms with Crippen molar-refractivity contribution in [1.82, 2.24) is 19.6 Å². The van der Waals surface area contributed by atoms with Crippen LogP contribution in [0.2, 0.25) is 0 Å². The molecule has 17 heteroatoms. The van der Waals surface area contributed by atoms with Crippen LogP contribution in [0.25, 0.3) is 5.52 Å². The van der Waals surface area contributed by atoms with Crippen molar-refractivity contribution >= 4 is 19.2 Å². The van der Waals surface area contributed by atoms with Crippen LogP contribution in [0.3, 0.4) is 0 Å². The zero-order valence-corrected chi connectivity index (χ0v) is 34.5. The summed E-state index contributed by atoms with van der Waals surface area (Å²) in [5, 5.41) is 36.2. The van der Waals surface area contributed by atoms with Crippen LogP contribution >= 0.6 is 7.82 Å². The molecule has 5 N–H and O–H groups in total. The first-order valence-electron chi connectivity index (χ1n) is 20.5. The first-order chi connectivity index (χ1) is 27.5. The number of anilines is 1. The lowest BCUT2D eigenvalue weighted by Crippen LogP contribution is -2.46. The second kappa shape index (κ2) is 21.0. The molecule has 1 saturated carbocycles. The molecule has 316 valence electrons.